The van der Waals surface area contributed by atoms with Crippen molar-refractivity contribution in [3.05, 3.63) is 52.7 Å². The van der Waals surface area contributed by atoms with Crippen molar-refractivity contribution in [3.8, 4) is 5.75 Å². The quantitative estimate of drug-likeness (QED) is 0.394. The zero-order valence-electron chi connectivity index (χ0n) is 10.1. The highest BCUT2D eigenvalue weighted by atomic mass is 32.1. The molecule has 0 amide bonds. The highest BCUT2D eigenvalue weighted by Crippen LogP contribution is 2.31. The molecular weight excluding hydrogens is 264 g/mol. The van der Waals surface area contributed by atoms with Gasteiger partial charge in [0.1, 0.15) is 17.9 Å². The molecule has 0 saturated heterocycles. The van der Waals surface area contributed by atoms with Crippen LogP contribution in [0.2, 0.25) is 0 Å². The largest absolute Gasteiger partial charge is 0.487 e. The molecule has 2 rings (SSSR count). The summed E-state index contributed by atoms with van der Waals surface area (Å²) < 4.78 is 5.57. The first-order valence-electron chi connectivity index (χ1n) is 5.56. The molecule has 0 aliphatic heterocycles. The van der Waals surface area contributed by atoms with Crippen LogP contribution in [-0.4, -0.2) is 22.3 Å². The summed E-state index contributed by atoms with van der Waals surface area (Å²) in [5, 5.41) is 11.4. The van der Waals surface area contributed by atoms with E-state index in [4.69, 9.17) is 4.74 Å². The summed E-state index contributed by atoms with van der Waals surface area (Å²) in [7, 11) is 0. The molecule has 6 heteroatoms. The molecule has 0 unspecified atom stereocenters. The second-order valence-corrected chi connectivity index (χ2v) is 4.25. The van der Waals surface area contributed by atoms with Gasteiger partial charge < -0.3 is 4.74 Å². The molecule has 5 nitrogen and oxygen atoms in total. The van der Waals surface area contributed by atoms with Gasteiger partial charge in [0.25, 0.3) is 5.69 Å². The molecule has 98 valence electrons. The van der Waals surface area contributed by atoms with Crippen molar-refractivity contribution < 1.29 is 9.66 Å². The first kappa shape index (κ1) is 13.4. The molecule has 0 atom stereocenters. The highest BCUT2D eigenvalue weighted by Gasteiger charge is 2.15. The zero-order chi connectivity index (χ0) is 13.8. The summed E-state index contributed by atoms with van der Waals surface area (Å²) in [6.07, 6.45) is 1.58. The second kappa shape index (κ2) is 5.71. The number of pyridine rings is 1. The molecule has 0 fully saturated rings. The molecule has 0 saturated carbocycles. The lowest BCUT2D eigenvalue weighted by atomic mass is 10.1. The van der Waals surface area contributed by atoms with E-state index < -0.39 is 4.92 Å². The number of aromatic nitrogens is 1. The molecule has 0 radical (unpaired) electrons. The van der Waals surface area contributed by atoms with E-state index in [9.17, 15) is 10.1 Å². The number of non-ortho nitro benzene ring substituents is 1. The van der Waals surface area contributed by atoms with E-state index in [0.717, 1.165) is 5.57 Å². The van der Waals surface area contributed by atoms with E-state index >= 15 is 0 Å². The Kier molecular flexibility index (Phi) is 4.01. The van der Waals surface area contributed by atoms with Gasteiger partial charge in [-0.05, 0) is 23.8 Å². The normalized spacial score (nSPS) is 10.4. The van der Waals surface area contributed by atoms with E-state index in [2.05, 4.69) is 24.2 Å². The van der Waals surface area contributed by atoms with Crippen LogP contribution in [0.5, 0.6) is 5.75 Å². The van der Waals surface area contributed by atoms with Crippen LogP contribution < -0.4 is 4.74 Å². The van der Waals surface area contributed by atoms with Crippen molar-refractivity contribution in [1.82, 2.24) is 4.98 Å². The Morgan fingerprint density at radius 1 is 1.47 bits per heavy atom. The van der Waals surface area contributed by atoms with Gasteiger partial charge in [-0.2, -0.15) is 12.6 Å². The summed E-state index contributed by atoms with van der Waals surface area (Å²) in [5.41, 5.74) is 1.32. The van der Waals surface area contributed by atoms with Crippen LogP contribution in [0.25, 0.3) is 10.9 Å². The summed E-state index contributed by atoms with van der Waals surface area (Å²) >= 11 is 4.09. The van der Waals surface area contributed by atoms with Crippen molar-refractivity contribution in [2.45, 2.75) is 0 Å². The van der Waals surface area contributed by atoms with Gasteiger partial charge in [0.2, 0.25) is 0 Å². The Morgan fingerprint density at radius 3 is 2.95 bits per heavy atom. The van der Waals surface area contributed by atoms with Crippen LogP contribution in [0.4, 0.5) is 5.69 Å². The van der Waals surface area contributed by atoms with Gasteiger partial charge in [-0.1, -0.05) is 6.58 Å². The van der Waals surface area contributed by atoms with Crippen LogP contribution in [0, 0.1) is 10.1 Å². The van der Waals surface area contributed by atoms with Gasteiger partial charge in [0, 0.05) is 18.0 Å². The number of rotatable bonds is 5. The van der Waals surface area contributed by atoms with Crippen molar-refractivity contribution in [2.75, 3.05) is 12.4 Å². The average molecular weight is 276 g/mol. The predicted octanol–water partition coefficient (Wildman–Crippen LogP) is 3.01. The fraction of sp³-hybridized carbons (Fsp3) is 0.154. The number of hydrogen-bond donors (Lipinski definition) is 1. The predicted molar refractivity (Wildman–Crippen MR) is 76.9 cm³/mol. The number of hydrogen-bond acceptors (Lipinski definition) is 5. The topological polar surface area (TPSA) is 65.3 Å². The van der Waals surface area contributed by atoms with Crippen molar-refractivity contribution in [1.29, 1.82) is 0 Å². The minimum absolute atomic E-state index is 0.0171. The number of nitro benzene ring substituents is 1. The second-order valence-electron chi connectivity index (χ2n) is 3.94. The Morgan fingerprint density at radius 2 is 2.26 bits per heavy atom. The van der Waals surface area contributed by atoms with E-state index in [1.807, 2.05) is 0 Å². The Balaban J connectivity index is 2.44. The first-order chi connectivity index (χ1) is 9.13. The van der Waals surface area contributed by atoms with Crippen LogP contribution in [0.1, 0.15) is 0 Å². The number of fused-ring (bicyclic) bond motifs is 1. The fourth-order valence-electron chi connectivity index (χ4n) is 1.63. The van der Waals surface area contributed by atoms with E-state index in [0.29, 0.717) is 29.0 Å². The summed E-state index contributed by atoms with van der Waals surface area (Å²) in [6.45, 7) is 4.10. The number of nitro groups is 1. The Bertz CT molecular complexity index is 643. The van der Waals surface area contributed by atoms with Crippen molar-refractivity contribution in [3.63, 3.8) is 0 Å². The van der Waals surface area contributed by atoms with Crippen molar-refractivity contribution >= 4 is 29.2 Å². The van der Waals surface area contributed by atoms with Crippen LogP contribution in [0.3, 0.4) is 0 Å². The van der Waals surface area contributed by atoms with Crippen molar-refractivity contribution in [2.24, 2.45) is 0 Å². The molecule has 19 heavy (non-hydrogen) atoms. The number of thiol groups is 1. The minimum Gasteiger partial charge on any atom is -0.487 e. The third kappa shape index (κ3) is 2.85. The van der Waals surface area contributed by atoms with Gasteiger partial charge in [-0.3, -0.25) is 15.1 Å². The minimum atomic E-state index is -0.430. The summed E-state index contributed by atoms with van der Waals surface area (Å²) in [4.78, 5) is 14.7. The molecule has 0 N–H and O–H groups in total. The maximum absolute atomic E-state index is 11.0. The maximum atomic E-state index is 11.0. The zero-order valence-corrected chi connectivity index (χ0v) is 11.0. The summed E-state index contributed by atoms with van der Waals surface area (Å²) in [6, 6.07) is 6.29. The lowest BCUT2D eigenvalue weighted by Crippen LogP contribution is -2.02. The number of ether oxygens (including phenoxy) is 1. The van der Waals surface area contributed by atoms with Gasteiger partial charge >= 0.3 is 0 Å². The van der Waals surface area contributed by atoms with Gasteiger partial charge in [-0.25, -0.2) is 0 Å². The Labute approximate surface area is 115 Å². The fourth-order valence-corrected chi connectivity index (χ4v) is 1.72. The van der Waals surface area contributed by atoms with E-state index in [-0.39, 0.29) is 5.69 Å². The lowest BCUT2D eigenvalue weighted by Gasteiger charge is -2.09. The van der Waals surface area contributed by atoms with Gasteiger partial charge in [-0.15, -0.1) is 0 Å². The molecule has 1 aromatic heterocycles. The van der Waals surface area contributed by atoms with Gasteiger partial charge in [0.05, 0.1) is 10.3 Å². The smallest absolute Gasteiger partial charge is 0.279 e. The molecule has 0 aliphatic carbocycles. The van der Waals surface area contributed by atoms with Crippen LogP contribution >= 0.6 is 12.6 Å². The average Bonchev–Trinajstić information content (AvgIpc) is 2.43. The van der Waals surface area contributed by atoms with Crippen LogP contribution in [-0.2, 0) is 0 Å². The lowest BCUT2D eigenvalue weighted by molar-refractivity contribution is -0.383. The molecule has 0 bridgehead atoms. The monoisotopic (exact) mass is 276 g/mol. The highest BCUT2D eigenvalue weighted by molar-refractivity contribution is 7.80. The van der Waals surface area contributed by atoms with E-state index in [1.54, 1.807) is 24.4 Å². The third-order valence-electron chi connectivity index (χ3n) is 2.56. The molecule has 1 heterocycles. The Hall–Kier alpha value is -2.08. The van der Waals surface area contributed by atoms with E-state index in [1.165, 1.54) is 6.07 Å². The number of benzene rings is 1. The molecule has 1 aromatic carbocycles. The van der Waals surface area contributed by atoms with Gasteiger partial charge in [0.15, 0.2) is 0 Å². The summed E-state index contributed by atoms with van der Waals surface area (Å²) in [5.74, 6) is 1.03. The molecule has 0 spiro atoms. The van der Waals surface area contributed by atoms with Crippen LogP contribution in [0.15, 0.2) is 42.6 Å². The molecular formula is C13H12N2O3S. The standard InChI is InChI=1S/C13H12N2O3S/c1-9(8-19)7-18-12-5-4-11(15(16)17)10-3-2-6-14-13(10)12/h2-6,19H,1,7-8H2. The maximum Gasteiger partial charge on any atom is 0.279 e. The number of nitrogens with zero attached hydrogens (tertiary/aromatic N) is 2. The molecule has 2 aromatic rings. The third-order valence-corrected chi connectivity index (χ3v) is 3.01. The molecule has 0 aliphatic rings. The first-order valence-corrected chi connectivity index (χ1v) is 6.19. The SMILES string of the molecule is C=C(CS)COc1ccc([N+](=O)[O-])c2cccnc12.